The molecule has 0 saturated heterocycles. The van der Waals surface area contributed by atoms with Crippen molar-refractivity contribution >= 4 is 17.9 Å². The lowest BCUT2D eigenvalue weighted by Gasteiger charge is -2.12. The summed E-state index contributed by atoms with van der Waals surface area (Å²) in [4.78, 5) is 27.3. The van der Waals surface area contributed by atoms with Crippen molar-refractivity contribution < 1.29 is 4.79 Å². The summed E-state index contributed by atoms with van der Waals surface area (Å²) in [6.45, 7) is 3.62. The normalized spacial score (nSPS) is 11.2. The summed E-state index contributed by atoms with van der Waals surface area (Å²) >= 11 is 0. The number of imidazole rings is 1. The number of aromatic amines is 1. The van der Waals surface area contributed by atoms with Gasteiger partial charge < -0.3 is 15.1 Å². The van der Waals surface area contributed by atoms with Crippen molar-refractivity contribution in [2.45, 2.75) is 19.3 Å². The van der Waals surface area contributed by atoms with E-state index in [9.17, 15) is 4.79 Å². The first-order valence-electron chi connectivity index (χ1n) is 7.26. The quantitative estimate of drug-likeness (QED) is 0.708. The first-order chi connectivity index (χ1) is 11.1. The van der Waals surface area contributed by atoms with E-state index < -0.39 is 5.41 Å². The van der Waals surface area contributed by atoms with E-state index in [2.05, 4.69) is 25.3 Å². The van der Waals surface area contributed by atoms with E-state index in [4.69, 9.17) is 0 Å². The molecule has 23 heavy (non-hydrogen) atoms. The van der Waals surface area contributed by atoms with Gasteiger partial charge in [0, 0.05) is 11.9 Å². The molecular formula is C17H17N5O. The molecule has 0 bridgehead atoms. The van der Waals surface area contributed by atoms with Crippen LogP contribution in [0.3, 0.4) is 0 Å². The first kappa shape index (κ1) is 14.9. The van der Waals surface area contributed by atoms with Crippen LogP contribution in [0.25, 0.3) is 11.4 Å². The summed E-state index contributed by atoms with van der Waals surface area (Å²) in [5, 5.41) is 3.15. The van der Waals surface area contributed by atoms with Gasteiger partial charge in [-0.3, -0.25) is 0 Å². The molecule has 0 radical (unpaired) electrons. The Morgan fingerprint density at radius 3 is 2.65 bits per heavy atom. The predicted molar refractivity (Wildman–Crippen MR) is 88.4 cm³/mol. The summed E-state index contributed by atoms with van der Waals surface area (Å²) in [5.41, 5.74) is 1.71. The van der Waals surface area contributed by atoms with E-state index in [0.29, 0.717) is 17.5 Å². The molecule has 0 aliphatic rings. The average molecular weight is 307 g/mol. The number of aldehydes is 1. The van der Waals surface area contributed by atoms with Crippen molar-refractivity contribution in [3.05, 3.63) is 54.6 Å². The van der Waals surface area contributed by atoms with Crippen molar-refractivity contribution in [3.63, 3.8) is 0 Å². The number of benzene rings is 1. The summed E-state index contributed by atoms with van der Waals surface area (Å²) in [6, 6.07) is 11.5. The molecule has 6 nitrogen and oxygen atoms in total. The van der Waals surface area contributed by atoms with Gasteiger partial charge in [0.25, 0.3) is 0 Å². The van der Waals surface area contributed by atoms with Crippen LogP contribution in [0.15, 0.2) is 48.8 Å². The Bertz CT molecular complexity index is 811. The van der Waals surface area contributed by atoms with Crippen LogP contribution in [0, 0.1) is 0 Å². The molecule has 0 atom stereocenters. The number of nitrogens with one attached hydrogen (secondary N) is 2. The number of hydrogen-bond donors (Lipinski definition) is 2. The van der Waals surface area contributed by atoms with Crippen molar-refractivity contribution in [1.82, 2.24) is 19.9 Å². The monoisotopic (exact) mass is 307 g/mol. The number of nitrogens with zero attached hydrogens (tertiary/aromatic N) is 3. The van der Waals surface area contributed by atoms with Gasteiger partial charge in [0.15, 0.2) is 0 Å². The average Bonchev–Trinajstić information content (AvgIpc) is 3.07. The fourth-order valence-corrected chi connectivity index (χ4v) is 2.05. The SMILES string of the molecule is CC(C)(C=O)c1ncc(-c2ccnc(Nc3ccccc3)n2)[nH]1. The number of anilines is 2. The molecule has 0 fully saturated rings. The molecule has 2 aromatic heterocycles. The zero-order chi connectivity index (χ0) is 16.3. The number of para-hydroxylation sites is 1. The Balaban J connectivity index is 1.87. The largest absolute Gasteiger partial charge is 0.340 e. The third kappa shape index (κ3) is 3.26. The van der Waals surface area contributed by atoms with Gasteiger partial charge in [-0.15, -0.1) is 0 Å². The van der Waals surface area contributed by atoms with Crippen LogP contribution < -0.4 is 5.32 Å². The van der Waals surface area contributed by atoms with Crippen molar-refractivity contribution in [2.24, 2.45) is 0 Å². The number of carbonyl (C=O) groups excluding carboxylic acids is 1. The lowest BCUT2D eigenvalue weighted by molar-refractivity contribution is -0.111. The van der Waals surface area contributed by atoms with E-state index in [1.54, 1.807) is 18.5 Å². The summed E-state index contributed by atoms with van der Waals surface area (Å²) in [7, 11) is 0. The van der Waals surface area contributed by atoms with Gasteiger partial charge >= 0.3 is 0 Å². The van der Waals surface area contributed by atoms with E-state index in [-0.39, 0.29) is 0 Å². The van der Waals surface area contributed by atoms with Crippen LogP contribution in [0.5, 0.6) is 0 Å². The smallest absolute Gasteiger partial charge is 0.227 e. The zero-order valence-electron chi connectivity index (χ0n) is 12.9. The molecule has 0 saturated carbocycles. The topological polar surface area (TPSA) is 83.6 Å². The van der Waals surface area contributed by atoms with Crippen molar-refractivity contribution in [2.75, 3.05) is 5.32 Å². The molecule has 0 unspecified atom stereocenters. The summed E-state index contributed by atoms with van der Waals surface area (Å²) < 4.78 is 0. The zero-order valence-corrected chi connectivity index (χ0v) is 12.9. The number of carbonyl (C=O) groups is 1. The minimum Gasteiger partial charge on any atom is -0.340 e. The molecule has 6 heteroatoms. The second kappa shape index (κ2) is 6.00. The standard InChI is InChI=1S/C17H17N5O/c1-17(2,11-23)15-19-10-14(21-15)13-8-9-18-16(22-13)20-12-6-4-3-5-7-12/h3-11H,1-2H3,(H,19,21)(H,18,20,22). The van der Waals surface area contributed by atoms with E-state index in [0.717, 1.165) is 17.7 Å². The maximum Gasteiger partial charge on any atom is 0.227 e. The Hall–Kier alpha value is -3.02. The molecule has 3 aromatic rings. The van der Waals surface area contributed by atoms with E-state index in [1.165, 1.54) is 0 Å². The molecule has 0 aliphatic carbocycles. The maximum absolute atomic E-state index is 11.1. The number of hydrogen-bond acceptors (Lipinski definition) is 5. The van der Waals surface area contributed by atoms with Crippen LogP contribution >= 0.6 is 0 Å². The highest BCUT2D eigenvalue weighted by atomic mass is 16.1. The van der Waals surface area contributed by atoms with Crippen LogP contribution in [-0.2, 0) is 10.2 Å². The molecule has 3 rings (SSSR count). The highest BCUT2D eigenvalue weighted by molar-refractivity contribution is 5.66. The van der Waals surface area contributed by atoms with Crippen molar-refractivity contribution in [3.8, 4) is 11.4 Å². The number of rotatable bonds is 5. The molecule has 116 valence electrons. The van der Waals surface area contributed by atoms with Crippen LogP contribution in [0.4, 0.5) is 11.6 Å². The second-order valence-electron chi connectivity index (χ2n) is 5.74. The fourth-order valence-electron chi connectivity index (χ4n) is 2.05. The van der Waals surface area contributed by atoms with Gasteiger partial charge in [-0.1, -0.05) is 18.2 Å². The minimum absolute atomic E-state index is 0.500. The molecule has 2 heterocycles. The van der Waals surface area contributed by atoms with Crippen LogP contribution in [0.1, 0.15) is 19.7 Å². The summed E-state index contributed by atoms with van der Waals surface area (Å²) in [5.74, 6) is 1.11. The van der Waals surface area contributed by atoms with E-state index in [1.807, 2.05) is 44.2 Å². The Morgan fingerprint density at radius 2 is 1.91 bits per heavy atom. The van der Waals surface area contributed by atoms with E-state index >= 15 is 0 Å². The number of H-pyrrole nitrogens is 1. The second-order valence-corrected chi connectivity index (χ2v) is 5.74. The van der Waals surface area contributed by atoms with Gasteiger partial charge in [-0.25, -0.2) is 15.0 Å². The van der Waals surface area contributed by atoms with Gasteiger partial charge in [-0.2, -0.15) is 0 Å². The van der Waals surface area contributed by atoms with Crippen LogP contribution in [0.2, 0.25) is 0 Å². The minimum atomic E-state index is -0.656. The Kier molecular flexibility index (Phi) is 3.89. The van der Waals surface area contributed by atoms with Crippen LogP contribution in [-0.4, -0.2) is 26.2 Å². The first-order valence-corrected chi connectivity index (χ1v) is 7.26. The van der Waals surface area contributed by atoms with Gasteiger partial charge in [0.05, 0.1) is 23.0 Å². The third-order valence-corrected chi connectivity index (χ3v) is 3.44. The molecule has 0 aliphatic heterocycles. The molecule has 0 amide bonds. The highest BCUT2D eigenvalue weighted by Gasteiger charge is 2.23. The molecular weight excluding hydrogens is 290 g/mol. The molecule has 0 spiro atoms. The summed E-state index contributed by atoms with van der Waals surface area (Å²) in [6.07, 6.45) is 4.23. The predicted octanol–water partition coefficient (Wildman–Crippen LogP) is 3.09. The lowest BCUT2D eigenvalue weighted by atomic mass is 9.95. The Labute approximate surface area is 134 Å². The molecule has 1 aromatic carbocycles. The molecule has 2 N–H and O–H groups in total. The highest BCUT2D eigenvalue weighted by Crippen LogP contribution is 2.22. The van der Waals surface area contributed by atoms with Crippen molar-refractivity contribution in [1.29, 1.82) is 0 Å². The van der Waals surface area contributed by atoms with Gasteiger partial charge in [0.1, 0.15) is 12.1 Å². The number of aromatic nitrogens is 4. The van der Waals surface area contributed by atoms with Gasteiger partial charge in [0.2, 0.25) is 5.95 Å². The Morgan fingerprint density at radius 1 is 1.13 bits per heavy atom. The third-order valence-electron chi connectivity index (χ3n) is 3.44. The van der Waals surface area contributed by atoms with Gasteiger partial charge in [-0.05, 0) is 32.0 Å². The lowest BCUT2D eigenvalue weighted by Crippen LogP contribution is -2.20. The fraction of sp³-hybridized carbons (Fsp3) is 0.176. The maximum atomic E-state index is 11.1.